The van der Waals surface area contributed by atoms with Crippen molar-refractivity contribution in [2.24, 2.45) is 11.7 Å². The lowest BCUT2D eigenvalue weighted by molar-refractivity contribution is 0.118. The summed E-state index contributed by atoms with van der Waals surface area (Å²) in [6.07, 6.45) is 0.857. The first-order valence-electron chi connectivity index (χ1n) is 5.82. The molecular formula is C13H17F2NO. The Kier molecular flexibility index (Phi) is 3.45. The number of ether oxygens (including phenoxy) is 1. The summed E-state index contributed by atoms with van der Waals surface area (Å²) in [7, 11) is 0. The fraction of sp³-hybridized carbons (Fsp3) is 0.538. The number of halogens is 2. The van der Waals surface area contributed by atoms with E-state index in [0.717, 1.165) is 6.42 Å². The predicted octanol–water partition coefficient (Wildman–Crippen LogP) is 2.70. The lowest BCUT2D eigenvalue weighted by Gasteiger charge is -2.20. The van der Waals surface area contributed by atoms with Crippen LogP contribution in [0.1, 0.15) is 30.5 Å². The Morgan fingerprint density at radius 1 is 1.41 bits per heavy atom. The smallest absolute Gasteiger partial charge is 0.133 e. The molecule has 1 aliphatic heterocycles. The van der Waals surface area contributed by atoms with Crippen molar-refractivity contribution in [3.63, 3.8) is 0 Å². The molecule has 2 rings (SSSR count). The Balaban J connectivity index is 2.30. The highest BCUT2D eigenvalue weighted by Crippen LogP contribution is 2.33. The highest BCUT2D eigenvalue weighted by atomic mass is 19.1. The van der Waals surface area contributed by atoms with Crippen LogP contribution in [0.5, 0.6) is 0 Å². The van der Waals surface area contributed by atoms with Gasteiger partial charge in [-0.05, 0) is 31.9 Å². The fourth-order valence-electron chi connectivity index (χ4n) is 2.32. The molecule has 1 aliphatic rings. The van der Waals surface area contributed by atoms with Crippen LogP contribution in [-0.4, -0.2) is 12.7 Å². The van der Waals surface area contributed by atoms with Crippen LogP contribution >= 0.6 is 0 Å². The second-order valence-corrected chi connectivity index (χ2v) is 4.76. The molecule has 4 heteroatoms. The molecule has 1 aromatic rings. The summed E-state index contributed by atoms with van der Waals surface area (Å²) in [5, 5.41) is 0. The molecule has 3 atom stereocenters. The standard InChI is InChI=1S/C13H17F2NO/c1-7-3-4-10(14)11(12(7)15)13(16)9-5-8(2)17-6-9/h3-4,8-9,13H,5-6,16H2,1-2H3. The maximum atomic E-state index is 13.9. The van der Waals surface area contributed by atoms with Gasteiger partial charge in [0.2, 0.25) is 0 Å². The topological polar surface area (TPSA) is 35.2 Å². The third kappa shape index (κ3) is 2.33. The van der Waals surface area contributed by atoms with Gasteiger partial charge in [0.1, 0.15) is 11.6 Å². The van der Waals surface area contributed by atoms with E-state index in [-0.39, 0.29) is 17.6 Å². The summed E-state index contributed by atoms with van der Waals surface area (Å²) >= 11 is 0. The quantitative estimate of drug-likeness (QED) is 0.864. The Bertz CT molecular complexity index is 422. The van der Waals surface area contributed by atoms with Gasteiger partial charge in [-0.15, -0.1) is 0 Å². The third-order valence-electron chi connectivity index (χ3n) is 3.39. The Morgan fingerprint density at radius 2 is 2.12 bits per heavy atom. The van der Waals surface area contributed by atoms with Gasteiger partial charge in [0.05, 0.1) is 12.7 Å². The molecule has 3 unspecified atom stereocenters. The van der Waals surface area contributed by atoms with Gasteiger partial charge in [-0.2, -0.15) is 0 Å². The number of benzene rings is 1. The maximum Gasteiger partial charge on any atom is 0.133 e. The van der Waals surface area contributed by atoms with Crippen molar-refractivity contribution in [1.82, 2.24) is 0 Å². The minimum atomic E-state index is -0.639. The molecule has 0 radical (unpaired) electrons. The van der Waals surface area contributed by atoms with Crippen LogP contribution in [0.2, 0.25) is 0 Å². The van der Waals surface area contributed by atoms with Crippen LogP contribution in [0.4, 0.5) is 8.78 Å². The highest BCUT2D eigenvalue weighted by Gasteiger charge is 2.31. The lowest BCUT2D eigenvalue weighted by Crippen LogP contribution is -2.24. The summed E-state index contributed by atoms with van der Waals surface area (Å²) in [6.45, 7) is 4.02. The van der Waals surface area contributed by atoms with E-state index in [0.29, 0.717) is 12.2 Å². The van der Waals surface area contributed by atoms with E-state index in [4.69, 9.17) is 10.5 Å². The minimum absolute atomic E-state index is 0.00676. The number of hydrogen-bond donors (Lipinski definition) is 1. The van der Waals surface area contributed by atoms with Gasteiger partial charge in [0.15, 0.2) is 0 Å². The largest absolute Gasteiger partial charge is 0.378 e. The van der Waals surface area contributed by atoms with Gasteiger partial charge < -0.3 is 10.5 Å². The first-order chi connectivity index (χ1) is 8.00. The van der Waals surface area contributed by atoms with Crippen molar-refractivity contribution >= 4 is 0 Å². The summed E-state index contributed by atoms with van der Waals surface area (Å²) in [4.78, 5) is 0. The van der Waals surface area contributed by atoms with Crippen LogP contribution < -0.4 is 5.73 Å². The number of aryl methyl sites for hydroxylation is 1. The zero-order valence-corrected chi connectivity index (χ0v) is 10.0. The van der Waals surface area contributed by atoms with E-state index < -0.39 is 17.7 Å². The average molecular weight is 241 g/mol. The molecule has 0 bridgehead atoms. The van der Waals surface area contributed by atoms with Crippen molar-refractivity contribution in [1.29, 1.82) is 0 Å². The molecule has 1 saturated heterocycles. The van der Waals surface area contributed by atoms with Crippen LogP contribution in [-0.2, 0) is 4.74 Å². The molecule has 1 heterocycles. The van der Waals surface area contributed by atoms with Gasteiger partial charge >= 0.3 is 0 Å². The van der Waals surface area contributed by atoms with E-state index >= 15 is 0 Å². The molecule has 1 aromatic carbocycles. The second-order valence-electron chi connectivity index (χ2n) is 4.76. The molecule has 1 fully saturated rings. The van der Waals surface area contributed by atoms with Crippen molar-refractivity contribution in [2.75, 3.05) is 6.61 Å². The third-order valence-corrected chi connectivity index (χ3v) is 3.39. The van der Waals surface area contributed by atoms with Crippen molar-refractivity contribution < 1.29 is 13.5 Å². The summed E-state index contributed by atoms with van der Waals surface area (Å²) in [6, 6.07) is 2.06. The van der Waals surface area contributed by atoms with E-state index in [1.807, 2.05) is 6.92 Å². The molecular weight excluding hydrogens is 224 g/mol. The van der Waals surface area contributed by atoms with E-state index in [9.17, 15) is 8.78 Å². The number of hydrogen-bond acceptors (Lipinski definition) is 2. The molecule has 0 amide bonds. The van der Waals surface area contributed by atoms with E-state index in [1.54, 1.807) is 6.92 Å². The minimum Gasteiger partial charge on any atom is -0.378 e. The molecule has 0 aromatic heterocycles. The molecule has 17 heavy (non-hydrogen) atoms. The van der Waals surface area contributed by atoms with Gasteiger partial charge in [-0.25, -0.2) is 8.78 Å². The van der Waals surface area contributed by atoms with Gasteiger partial charge in [0.25, 0.3) is 0 Å². The van der Waals surface area contributed by atoms with Crippen LogP contribution in [0, 0.1) is 24.5 Å². The predicted molar refractivity (Wildman–Crippen MR) is 61.5 cm³/mol. The summed E-state index contributed by atoms with van der Waals surface area (Å²) in [5.74, 6) is -1.12. The number of rotatable bonds is 2. The Labute approximate surface area is 99.8 Å². The average Bonchev–Trinajstić information content (AvgIpc) is 2.71. The molecule has 0 spiro atoms. The molecule has 2 nitrogen and oxygen atoms in total. The normalized spacial score (nSPS) is 26.2. The van der Waals surface area contributed by atoms with Crippen LogP contribution in [0.15, 0.2) is 12.1 Å². The van der Waals surface area contributed by atoms with Crippen molar-refractivity contribution in [2.45, 2.75) is 32.4 Å². The molecule has 0 aliphatic carbocycles. The summed E-state index contributed by atoms with van der Waals surface area (Å²) in [5.41, 5.74) is 6.39. The Hall–Kier alpha value is -1.00. The van der Waals surface area contributed by atoms with E-state index in [2.05, 4.69) is 0 Å². The van der Waals surface area contributed by atoms with E-state index in [1.165, 1.54) is 12.1 Å². The highest BCUT2D eigenvalue weighted by molar-refractivity contribution is 5.29. The Morgan fingerprint density at radius 3 is 2.71 bits per heavy atom. The molecule has 2 N–H and O–H groups in total. The van der Waals surface area contributed by atoms with Gasteiger partial charge in [0, 0.05) is 17.5 Å². The van der Waals surface area contributed by atoms with Gasteiger partial charge in [-0.1, -0.05) is 6.07 Å². The second kappa shape index (κ2) is 4.70. The van der Waals surface area contributed by atoms with Crippen LogP contribution in [0.3, 0.4) is 0 Å². The first kappa shape index (κ1) is 12.5. The molecule has 0 saturated carbocycles. The van der Waals surface area contributed by atoms with Crippen molar-refractivity contribution in [3.05, 3.63) is 34.9 Å². The zero-order chi connectivity index (χ0) is 12.6. The van der Waals surface area contributed by atoms with Crippen molar-refractivity contribution in [3.8, 4) is 0 Å². The fourth-order valence-corrected chi connectivity index (χ4v) is 2.32. The summed E-state index contributed by atoms with van der Waals surface area (Å²) < 4.78 is 33.0. The zero-order valence-electron chi connectivity index (χ0n) is 10.0. The van der Waals surface area contributed by atoms with Crippen LogP contribution in [0.25, 0.3) is 0 Å². The monoisotopic (exact) mass is 241 g/mol. The number of nitrogens with two attached hydrogens (primary N) is 1. The lowest BCUT2D eigenvalue weighted by atomic mass is 9.90. The first-order valence-corrected chi connectivity index (χ1v) is 5.82. The SMILES string of the molecule is Cc1ccc(F)c(C(N)C2COC(C)C2)c1F. The maximum absolute atomic E-state index is 13.9. The van der Waals surface area contributed by atoms with Gasteiger partial charge in [-0.3, -0.25) is 0 Å². The molecule has 94 valence electrons.